The zero-order chi connectivity index (χ0) is 9.61. The smallest absolute Gasteiger partial charge is 1.00 e. The van der Waals surface area contributed by atoms with Crippen LogP contribution in [-0.4, -0.2) is 25.2 Å². The topological polar surface area (TPSA) is 80.7 Å². The second-order valence-corrected chi connectivity index (χ2v) is 3.53. The Morgan fingerprint density at radius 2 is 2.15 bits per heavy atom. The second-order valence-electron chi connectivity index (χ2n) is 1.84. The van der Waals surface area contributed by atoms with Gasteiger partial charge in [-0.3, -0.25) is 4.79 Å². The number of hydrogen-bond donors (Lipinski definition) is 1. The first-order chi connectivity index (χ1) is 5.48. The van der Waals surface area contributed by atoms with Crippen LogP contribution in [-0.2, 0) is 19.1 Å². The molecule has 13 heavy (non-hydrogen) atoms. The molecule has 0 rings (SSSR count). The van der Waals surface area contributed by atoms with Crippen molar-refractivity contribution < 1.29 is 53.5 Å². The number of carboxylic acids is 1. The van der Waals surface area contributed by atoms with E-state index in [4.69, 9.17) is 5.11 Å². The maximum absolute atomic E-state index is 10.7. The number of hydrogen-bond acceptors (Lipinski definition) is 4. The SMILES string of the molecule is CC#COS(=O)(=O)CCC(=O)O.[H-].[Na+]. The third-order valence-electron chi connectivity index (χ3n) is 0.837. The first-order valence-electron chi connectivity index (χ1n) is 3.02. The summed E-state index contributed by atoms with van der Waals surface area (Å²) in [5.41, 5.74) is 0. The van der Waals surface area contributed by atoms with Gasteiger partial charge in [0, 0.05) is 6.92 Å². The van der Waals surface area contributed by atoms with Crippen LogP contribution in [0.3, 0.4) is 0 Å². The summed E-state index contributed by atoms with van der Waals surface area (Å²) >= 11 is 0. The molecular formula is C6H9NaO5S. The van der Waals surface area contributed by atoms with Crippen LogP contribution in [0.1, 0.15) is 14.8 Å². The van der Waals surface area contributed by atoms with Crippen LogP contribution < -0.4 is 29.6 Å². The van der Waals surface area contributed by atoms with Crippen molar-refractivity contribution in [2.24, 2.45) is 0 Å². The summed E-state index contributed by atoms with van der Waals surface area (Å²) < 4.78 is 25.5. The predicted molar refractivity (Wildman–Crippen MR) is 41.7 cm³/mol. The van der Waals surface area contributed by atoms with Gasteiger partial charge in [-0.15, -0.1) is 0 Å². The molecular weight excluding hydrogens is 207 g/mol. The first kappa shape index (κ1) is 15.3. The molecule has 0 bridgehead atoms. The van der Waals surface area contributed by atoms with E-state index in [1.165, 1.54) is 6.92 Å². The first-order valence-corrected chi connectivity index (χ1v) is 4.60. The zero-order valence-electron chi connectivity index (χ0n) is 8.40. The number of carbonyl (C=O) groups is 1. The molecule has 0 heterocycles. The summed E-state index contributed by atoms with van der Waals surface area (Å²) in [5, 5.41) is 8.15. The van der Waals surface area contributed by atoms with Gasteiger partial charge in [0.05, 0.1) is 12.2 Å². The van der Waals surface area contributed by atoms with E-state index in [0.29, 0.717) is 0 Å². The molecule has 0 aliphatic rings. The predicted octanol–water partition coefficient (Wildman–Crippen LogP) is -3.10. The number of carboxylic acid groups (broad SMARTS) is 1. The Morgan fingerprint density at radius 1 is 1.62 bits per heavy atom. The van der Waals surface area contributed by atoms with Gasteiger partial charge in [0.1, 0.15) is 6.11 Å². The Hall–Kier alpha value is -0.220. The van der Waals surface area contributed by atoms with Gasteiger partial charge >= 0.3 is 45.6 Å². The summed E-state index contributed by atoms with van der Waals surface area (Å²) in [7, 11) is -3.79. The summed E-state index contributed by atoms with van der Waals surface area (Å²) in [5.74, 6) is 0.466. The van der Waals surface area contributed by atoms with Gasteiger partial charge in [0.15, 0.2) is 0 Å². The fourth-order valence-corrected chi connectivity index (χ4v) is 1.08. The summed E-state index contributed by atoms with van der Waals surface area (Å²) in [6, 6.07) is 0. The van der Waals surface area contributed by atoms with E-state index in [9.17, 15) is 13.2 Å². The van der Waals surface area contributed by atoms with Crippen molar-refractivity contribution in [1.29, 1.82) is 0 Å². The van der Waals surface area contributed by atoms with Gasteiger partial charge < -0.3 is 10.7 Å². The largest absolute Gasteiger partial charge is 1.00 e. The van der Waals surface area contributed by atoms with Crippen LogP contribution in [0, 0.1) is 12.0 Å². The van der Waals surface area contributed by atoms with Gasteiger partial charge in [-0.05, 0) is 0 Å². The molecule has 0 aliphatic carbocycles. The maximum Gasteiger partial charge on any atom is 1.00 e. The van der Waals surface area contributed by atoms with Crippen molar-refractivity contribution in [3.05, 3.63) is 0 Å². The second kappa shape index (κ2) is 7.21. The van der Waals surface area contributed by atoms with Gasteiger partial charge in [-0.1, -0.05) is 5.92 Å². The van der Waals surface area contributed by atoms with E-state index in [1.54, 1.807) is 0 Å². The molecule has 0 saturated heterocycles. The molecule has 70 valence electrons. The van der Waals surface area contributed by atoms with Crippen molar-refractivity contribution >= 4 is 16.1 Å². The average molecular weight is 216 g/mol. The molecule has 0 aromatic rings. The third-order valence-corrected chi connectivity index (χ3v) is 1.88. The van der Waals surface area contributed by atoms with Crippen molar-refractivity contribution in [2.75, 3.05) is 5.75 Å². The molecule has 1 N–H and O–H groups in total. The molecule has 5 nitrogen and oxygen atoms in total. The molecule has 0 amide bonds. The summed E-state index contributed by atoms with van der Waals surface area (Å²) in [6.07, 6.45) is 1.40. The van der Waals surface area contributed by atoms with Gasteiger partial charge in [-0.25, -0.2) is 0 Å². The molecule has 0 aromatic heterocycles. The Morgan fingerprint density at radius 3 is 2.54 bits per heavy atom. The Bertz CT molecular complexity index is 315. The van der Waals surface area contributed by atoms with Crippen LogP contribution >= 0.6 is 0 Å². The van der Waals surface area contributed by atoms with Crippen LogP contribution in [0.4, 0.5) is 0 Å². The van der Waals surface area contributed by atoms with Gasteiger partial charge in [0.2, 0.25) is 0 Å². The molecule has 0 radical (unpaired) electrons. The molecule has 0 spiro atoms. The fourth-order valence-electron chi connectivity index (χ4n) is 0.359. The van der Waals surface area contributed by atoms with Crippen LogP contribution in [0.25, 0.3) is 0 Å². The normalized spacial score (nSPS) is 9.00. The Labute approximate surface area is 100 Å². The number of rotatable bonds is 4. The van der Waals surface area contributed by atoms with Crippen LogP contribution in [0.15, 0.2) is 0 Å². The average Bonchev–Trinajstić information content (AvgIpc) is 1.98. The van der Waals surface area contributed by atoms with E-state index in [2.05, 4.69) is 10.1 Å². The maximum atomic E-state index is 10.7. The van der Waals surface area contributed by atoms with Crippen molar-refractivity contribution in [2.45, 2.75) is 13.3 Å². The van der Waals surface area contributed by atoms with E-state index in [0.717, 1.165) is 0 Å². The minimum absolute atomic E-state index is 0. The summed E-state index contributed by atoms with van der Waals surface area (Å²) in [6.45, 7) is 1.41. The quantitative estimate of drug-likeness (QED) is 0.306. The van der Waals surface area contributed by atoms with E-state index < -0.39 is 28.3 Å². The standard InChI is InChI=1S/C6H8O5S.Na.H/c1-2-4-11-12(9,10)5-3-6(7)8;;/h3,5H2,1H3,(H,7,8);;/q;+1;-1. The minimum atomic E-state index is -3.79. The molecule has 0 atom stereocenters. The molecule has 0 aliphatic heterocycles. The van der Waals surface area contributed by atoms with Gasteiger partial charge in [-0.2, -0.15) is 8.42 Å². The van der Waals surface area contributed by atoms with Crippen LogP contribution in [0.5, 0.6) is 0 Å². The van der Waals surface area contributed by atoms with E-state index in [-0.39, 0.29) is 31.0 Å². The molecule has 0 aromatic carbocycles. The molecule has 7 heteroatoms. The Balaban J connectivity index is -0.000000605. The fraction of sp³-hybridized carbons (Fsp3) is 0.500. The van der Waals surface area contributed by atoms with E-state index in [1.807, 2.05) is 6.11 Å². The molecule has 0 fully saturated rings. The molecule has 0 saturated carbocycles. The Kier molecular flexibility index (Phi) is 8.46. The van der Waals surface area contributed by atoms with Crippen molar-refractivity contribution in [1.82, 2.24) is 0 Å². The van der Waals surface area contributed by atoms with Crippen LogP contribution in [0.2, 0.25) is 0 Å². The third kappa shape index (κ3) is 9.70. The van der Waals surface area contributed by atoms with E-state index >= 15 is 0 Å². The monoisotopic (exact) mass is 216 g/mol. The summed E-state index contributed by atoms with van der Waals surface area (Å²) in [4.78, 5) is 9.96. The van der Waals surface area contributed by atoms with Gasteiger partial charge in [0.25, 0.3) is 0 Å². The zero-order valence-corrected chi connectivity index (χ0v) is 10.2. The molecule has 0 unspecified atom stereocenters. The minimum Gasteiger partial charge on any atom is -1.00 e. The number of aliphatic carboxylic acids is 1. The van der Waals surface area contributed by atoms with Crippen molar-refractivity contribution in [3.8, 4) is 12.0 Å². The van der Waals surface area contributed by atoms with Crippen molar-refractivity contribution in [3.63, 3.8) is 0 Å².